The van der Waals surface area contributed by atoms with Crippen LogP contribution in [0.3, 0.4) is 0 Å². The predicted octanol–water partition coefficient (Wildman–Crippen LogP) is 5.37. The standard InChI is InChI=1S/C22H25N3/c1-16-13-14-20-19(15-16)21(17-9-5-3-6-10-17)24-22(23-20)25(2)18-11-7-4-8-12-18/h3,5-6,9-10,13-15,18H,4,7-8,11-12H2,1-2H3. The van der Waals surface area contributed by atoms with Crippen LogP contribution >= 0.6 is 0 Å². The lowest BCUT2D eigenvalue weighted by Crippen LogP contribution is -2.34. The number of hydrogen-bond donors (Lipinski definition) is 0. The van der Waals surface area contributed by atoms with Crippen LogP contribution in [0.25, 0.3) is 22.2 Å². The van der Waals surface area contributed by atoms with Gasteiger partial charge in [-0.05, 0) is 31.9 Å². The lowest BCUT2D eigenvalue weighted by molar-refractivity contribution is 0.424. The quantitative estimate of drug-likeness (QED) is 0.645. The molecule has 0 amide bonds. The second kappa shape index (κ2) is 6.83. The van der Waals surface area contributed by atoms with Crippen molar-refractivity contribution in [2.45, 2.75) is 45.1 Å². The maximum atomic E-state index is 5.00. The van der Waals surface area contributed by atoms with Gasteiger partial charge in [-0.1, -0.05) is 61.2 Å². The van der Waals surface area contributed by atoms with Crippen LogP contribution in [0.15, 0.2) is 48.5 Å². The van der Waals surface area contributed by atoms with Gasteiger partial charge in [0.05, 0.1) is 11.2 Å². The molecule has 0 N–H and O–H groups in total. The highest BCUT2D eigenvalue weighted by Gasteiger charge is 2.21. The van der Waals surface area contributed by atoms with Crippen LogP contribution in [0.5, 0.6) is 0 Å². The summed E-state index contributed by atoms with van der Waals surface area (Å²) >= 11 is 0. The van der Waals surface area contributed by atoms with Crippen molar-refractivity contribution in [2.24, 2.45) is 0 Å². The number of fused-ring (bicyclic) bond motifs is 1. The minimum atomic E-state index is 0.556. The lowest BCUT2D eigenvalue weighted by Gasteiger charge is -2.31. The highest BCUT2D eigenvalue weighted by atomic mass is 15.3. The van der Waals surface area contributed by atoms with Crippen molar-refractivity contribution in [2.75, 3.05) is 11.9 Å². The molecule has 3 aromatic rings. The van der Waals surface area contributed by atoms with Crippen LogP contribution in [0.1, 0.15) is 37.7 Å². The Balaban J connectivity index is 1.84. The Hall–Kier alpha value is -2.42. The molecule has 128 valence electrons. The van der Waals surface area contributed by atoms with Crippen molar-refractivity contribution >= 4 is 16.9 Å². The third kappa shape index (κ3) is 3.23. The Morgan fingerprint density at radius 2 is 1.68 bits per heavy atom. The SMILES string of the molecule is Cc1ccc2nc(N(C)C3CCCCC3)nc(-c3ccccc3)c2c1. The van der Waals surface area contributed by atoms with E-state index >= 15 is 0 Å². The molecule has 25 heavy (non-hydrogen) atoms. The summed E-state index contributed by atoms with van der Waals surface area (Å²) < 4.78 is 0. The molecule has 3 heteroatoms. The van der Waals surface area contributed by atoms with Crippen molar-refractivity contribution in [1.82, 2.24) is 9.97 Å². The Kier molecular flexibility index (Phi) is 4.39. The monoisotopic (exact) mass is 331 g/mol. The number of rotatable bonds is 3. The van der Waals surface area contributed by atoms with Gasteiger partial charge in [-0.3, -0.25) is 0 Å². The smallest absolute Gasteiger partial charge is 0.226 e. The number of hydrogen-bond acceptors (Lipinski definition) is 3. The van der Waals surface area contributed by atoms with Crippen molar-refractivity contribution in [3.8, 4) is 11.3 Å². The Labute approximate surface area is 149 Å². The maximum absolute atomic E-state index is 5.00. The molecule has 0 aliphatic heterocycles. The minimum absolute atomic E-state index is 0.556. The summed E-state index contributed by atoms with van der Waals surface area (Å²) in [5.41, 5.74) is 4.45. The molecule has 0 radical (unpaired) electrons. The molecule has 1 aliphatic rings. The molecule has 1 aromatic heterocycles. The number of benzene rings is 2. The van der Waals surface area contributed by atoms with Crippen molar-refractivity contribution in [1.29, 1.82) is 0 Å². The normalized spacial score (nSPS) is 15.4. The van der Waals surface area contributed by atoms with Gasteiger partial charge in [0.1, 0.15) is 0 Å². The van der Waals surface area contributed by atoms with E-state index < -0.39 is 0 Å². The second-order valence-electron chi connectivity index (χ2n) is 7.16. The highest BCUT2D eigenvalue weighted by Crippen LogP contribution is 2.31. The van der Waals surface area contributed by atoms with Gasteiger partial charge in [-0.25, -0.2) is 9.97 Å². The topological polar surface area (TPSA) is 29.0 Å². The first-order valence-corrected chi connectivity index (χ1v) is 9.29. The summed E-state index contributed by atoms with van der Waals surface area (Å²) in [6.07, 6.45) is 6.47. The van der Waals surface area contributed by atoms with E-state index in [1.54, 1.807) is 0 Å². The molecule has 4 rings (SSSR count). The molecular weight excluding hydrogens is 306 g/mol. The van der Waals surface area contributed by atoms with Gasteiger partial charge in [0.15, 0.2) is 0 Å². The first kappa shape index (κ1) is 16.1. The van der Waals surface area contributed by atoms with Gasteiger partial charge in [0, 0.05) is 24.0 Å². The van der Waals surface area contributed by atoms with Crippen molar-refractivity contribution in [3.05, 3.63) is 54.1 Å². The summed E-state index contributed by atoms with van der Waals surface area (Å²) in [4.78, 5) is 12.2. The van der Waals surface area contributed by atoms with E-state index in [0.717, 1.165) is 28.1 Å². The maximum Gasteiger partial charge on any atom is 0.226 e. The largest absolute Gasteiger partial charge is 0.341 e. The Bertz CT molecular complexity index is 867. The molecule has 0 bridgehead atoms. The van der Waals surface area contributed by atoms with Crippen LogP contribution in [0, 0.1) is 6.92 Å². The lowest BCUT2D eigenvalue weighted by atomic mass is 9.95. The van der Waals surface area contributed by atoms with Crippen molar-refractivity contribution < 1.29 is 0 Å². The Morgan fingerprint density at radius 3 is 2.44 bits per heavy atom. The number of nitrogens with zero attached hydrogens (tertiary/aromatic N) is 3. The van der Waals surface area contributed by atoms with E-state index in [0.29, 0.717) is 6.04 Å². The number of aryl methyl sites for hydroxylation is 1. The summed E-state index contributed by atoms with van der Waals surface area (Å²) in [6.45, 7) is 2.12. The number of aromatic nitrogens is 2. The van der Waals surface area contributed by atoms with Crippen LogP contribution in [0.4, 0.5) is 5.95 Å². The first-order valence-electron chi connectivity index (χ1n) is 9.29. The van der Waals surface area contributed by atoms with E-state index in [-0.39, 0.29) is 0 Å². The summed E-state index contributed by atoms with van der Waals surface area (Å²) in [5, 5.41) is 1.13. The van der Waals surface area contributed by atoms with Crippen LogP contribution in [0.2, 0.25) is 0 Å². The molecule has 2 aromatic carbocycles. The summed E-state index contributed by atoms with van der Waals surface area (Å²) in [7, 11) is 2.15. The Morgan fingerprint density at radius 1 is 0.920 bits per heavy atom. The zero-order valence-corrected chi connectivity index (χ0v) is 15.1. The molecular formula is C22H25N3. The number of anilines is 1. The molecule has 1 aliphatic carbocycles. The molecule has 0 saturated heterocycles. The van der Waals surface area contributed by atoms with Gasteiger partial charge in [-0.2, -0.15) is 0 Å². The third-order valence-corrected chi connectivity index (χ3v) is 5.32. The average molecular weight is 331 g/mol. The molecule has 0 spiro atoms. The molecule has 1 heterocycles. The zero-order valence-electron chi connectivity index (χ0n) is 15.1. The average Bonchev–Trinajstić information content (AvgIpc) is 2.68. The van der Waals surface area contributed by atoms with Crippen LogP contribution < -0.4 is 4.90 Å². The van der Waals surface area contributed by atoms with E-state index in [9.17, 15) is 0 Å². The predicted molar refractivity (Wildman–Crippen MR) is 105 cm³/mol. The first-order chi connectivity index (χ1) is 12.2. The van der Waals surface area contributed by atoms with Crippen molar-refractivity contribution in [3.63, 3.8) is 0 Å². The van der Waals surface area contributed by atoms with Crippen LogP contribution in [-0.4, -0.2) is 23.1 Å². The van der Waals surface area contributed by atoms with Gasteiger partial charge in [0.2, 0.25) is 5.95 Å². The second-order valence-corrected chi connectivity index (χ2v) is 7.16. The van der Waals surface area contributed by atoms with Gasteiger partial charge in [0.25, 0.3) is 0 Å². The van der Waals surface area contributed by atoms with Gasteiger partial charge >= 0.3 is 0 Å². The summed E-state index contributed by atoms with van der Waals surface area (Å²) in [5.74, 6) is 0.849. The van der Waals surface area contributed by atoms with E-state index in [1.165, 1.54) is 37.7 Å². The van der Waals surface area contributed by atoms with E-state index in [2.05, 4.69) is 61.3 Å². The molecule has 1 saturated carbocycles. The fourth-order valence-corrected chi connectivity index (χ4v) is 3.84. The van der Waals surface area contributed by atoms with Gasteiger partial charge in [-0.15, -0.1) is 0 Å². The fraction of sp³-hybridized carbons (Fsp3) is 0.364. The zero-order chi connectivity index (χ0) is 17.2. The molecule has 0 unspecified atom stereocenters. The third-order valence-electron chi connectivity index (χ3n) is 5.32. The fourth-order valence-electron chi connectivity index (χ4n) is 3.84. The minimum Gasteiger partial charge on any atom is -0.341 e. The van der Waals surface area contributed by atoms with Gasteiger partial charge < -0.3 is 4.90 Å². The van der Waals surface area contributed by atoms with E-state index in [1.807, 2.05) is 6.07 Å². The molecule has 3 nitrogen and oxygen atoms in total. The highest BCUT2D eigenvalue weighted by molar-refractivity contribution is 5.93. The van der Waals surface area contributed by atoms with Crippen LogP contribution in [-0.2, 0) is 0 Å². The molecule has 0 atom stereocenters. The molecule has 1 fully saturated rings. The summed E-state index contributed by atoms with van der Waals surface area (Å²) in [6, 6.07) is 17.5. The van der Waals surface area contributed by atoms with E-state index in [4.69, 9.17) is 9.97 Å².